The van der Waals surface area contributed by atoms with Crippen LogP contribution in [-0.2, 0) is 75.1 Å². The Kier molecular flexibility index (Phi) is 29.9. The van der Waals surface area contributed by atoms with Gasteiger partial charge in [-0.05, 0) is 64.0 Å². The molecule has 11 N–H and O–H groups in total. The minimum absolute atomic E-state index is 0.0385. The average molecular weight is 1100 g/mol. The predicted molar refractivity (Wildman–Crippen MR) is 280 cm³/mol. The minimum atomic E-state index is -1.61. The predicted octanol–water partition coefficient (Wildman–Crippen LogP) is 1.75. The molecule has 424 valence electrons. The Morgan fingerprint density at radius 3 is 1.79 bits per heavy atom. The second-order valence-corrected chi connectivity index (χ2v) is 19.5. The number of ether oxygens (including phenoxy) is 2. The van der Waals surface area contributed by atoms with Crippen molar-refractivity contribution in [2.45, 2.75) is 147 Å². The Morgan fingerprint density at radius 2 is 1.22 bits per heavy atom. The summed E-state index contributed by atoms with van der Waals surface area (Å²) in [6, 6.07) is 11.3. The van der Waals surface area contributed by atoms with Crippen molar-refractivity contribution in [1.82, 2.24) is 31.9 Å². The molecule has 25 heteroatoms. The number of nitrogens with one attached hydrogen (secondary N) is 6. The molecule has 6 amide bonds. The molecule has 0 aliphatic heterocycles. The zero-order valence-electron chi connectivity index (χ0n) is 43.5. The fraction of sp³-hybridized carbons (Fsp3) is 0.538. The smallest absolute Gasteiger partial charge is 0.329 e. The van der Waals surface area contributed by atoms with Gasteiger partial charge < -0.3 is 62.4 Å². The van der Waals surface area contributed by atoms with Crippen molar-refractivity contribution in [3.8, 4) is 0 Å². The van der Waals surface area contributed by atoms with Gasteiger partial charge in [0.15, 0.2) is 17.8 Å². The number of carbonyl (C=O) groups is 12. The van der Waals surface area contributed by atoms with Crippen LogP contribution >= 0.6 is 12.6 Å². The van der Waals surface area contributed by atoms with Gasteiger partial charge in [0.05, 0.1) is 30.8 Å². The van der Waals surface area contributed by atoms with Crippen LogP contribution in [-0.4, -0.2) is 142 Å². The monoisotopic (exact) mass is 1100 g/mol. The van der Waals surface area contributed by atoms with Crippen LogP contribution in [0.1, 0.15) is 109 Å². The average Bonchev–Trinajstić information content (AvgIpc) is 3.36. The van der Waals surface area contributed by atoms with E-state index in [4.69, 9.17) is 20.3 Å². The van der Waals surface area contributed by atoms with Crippen molar-refractivity contribution in [3.63, 3.8) is 0 Å². The number of amides is 6. The number of rotatable bonds is 38. The van der Waals surface area contributed by atoms with E-state index >= 15 is 0 Å². The van der Waals surface area contributed by atoms with E-state index in [1.54, 1.807) is 81.4 Å². The molecule has 7 atom stereocenters. The Morgan fingerprint density at radius 1 is 0.623 bits per heavy atom. The van der Waals surface area contributed by atoms with Gasteiger partial charge in [0.2, 0.25) is 23.6 Å². The van der Waals surface area contributed by atoms with Gasteiger partial charge in [-0.25, -0.2) is 9.59 Å². The summed E-state index contributed by atoms with van der Waals surface area (Å²) in [7, 11) is 0. The van der Waals surface area contributed by atoms with Crippen LogP contribution in [0.15, 0.2) is 60.7 Å². The number of urea groups is 1. The molecule has 0 saturated carbocycles. The number of esters is 1. The van der Waals surface area contributed by atoms with Crippen LogP contribution in [0.5, 0.6) is 0 Å². The molecular formula is C52H73N7O17S. The van der Waals surface area contributed by atoms with E-state index in [2.05, 4.69) is 44.5 Å². The molecule has 0 aliphatic carbocycles. The first-order valence-electron chi connectivity index (χ1n) is 25.1. The second kappa shape index (κ2) is 35.0. The van der Waals surface area contributed by atoms with Gasteiger partial charge in [-0.1, -0.05) is 73.5 Å². The van der Waals surface area contributed by atoms with Crippen molar-refractivity contribution < 1.29 is 82.3 Å². The first-order chi connectivity index (χ1) is 36.4. The summed E-state index contributed by atoms with van der Waals surface area (Å²) in [6.07, 6.45) is -1.69. The highest BCUT2D eigenvalue weighted by molar-refractivity contribution is 7.80. The van der Waals surface area contributed by atoms with Crippen LogP contribution in [0, 0.1) is 11.8 Å². The first-order valence-corrected chi connectivity index (χ1v) is 25.7. The summed E-state index contributed by atoms with van der Waals surface area (Å²) in [5.41, 5.74) is 6.58. The number of carbonyl (C=O) groups excluding carboxylic acids is 9. The summed E-state index contributed by atoms with van der Waals surface area (Å²) in [5, 5.41) is 42.7. The molecule has 24 nitrogen and oxygen atoms in total. The maximum atomic E-state index is 14.2. The molecule has 2 rings (SSSR count). The fourth-order valence-corrected chi connectivity index (χ4v) is 7.77. The summed E-state index contributed by atoms with van der Waals surface area (Å²) in [6.45, 7) is 4.66. The molecule has 0 bridgehead atoms. The molecule has 0 heterocycles. The lowest BCUT2D eigenvalue weighted by molar-refractivity contribution is -0.157. The third-order valence-corrected chi connectivity index (χ3v) is 12.0. The van der Waals surface area contributed by atoms with Gasteiger partial charge in [-0.3, -0.25) is 47.9 Å². The number of hydrogen-bond acceptors (Lipinski definition) is 16. The van der Waals surface area contributed by atoms with Gasteiger partial charge in [-0.2, -0.15) is 12.6 Å². The zero-order chi connectivity index (χ0) is 57.5. The number of hydrogen-bond donors (Lipinski definition) is 11. The molecular weight excluding hydrogens is 1030 g/mol. The Balaban J connectivity index is 2.02. The van der Waals surface area contributed by atoms with Crippen molar-refractivity contribution in [2.24, 2.45) is 17.6 Å². The molecule has 0 radical (unpaired) electrons. The van der Waals surface area contributed by atoms with E-state index in [9.17, 15) is 67.7 Å². The van der Waals surface area contributed by atoms with Crippen LogP contribution in [0.25, 0.3) is 0 Å². The number of unbranched alkanes of at least 4 members (excludes halogenated alkanes) is 3. The van der Waals surface area contributed by atoms with Crippen LogP contribution in [0.2, 0.25) is 0 Å². The quantitative estimate of drug-likeness (QED) is 0.0150. The molecule has 0 aromatic heterocycles. The maximum absolute atomic E-state index is 14.2. The van der Waals surface area contributed by atoms with Gasteiger partial charge in [0, 0.05) is 56.9 Å². The van der Waals surface area contributed by atoms with E-state index in [1.165, 1.54) is 0 Å². The highest BCUT2D eigenvalue weighted by Crippen LogP contribution is 2.18. The van der Waals surface area contributed by atoms with Crippen molar-refractivity contribution in [3.05, 3.63) is 71.8 Å². The SMILES string of the molecule is CC(C)(C)OC(=O)[C@H](CCC(=O)NCCCCCCC(=O)N[C@@H](Cc1ccccc1)C(=O)C[C@@H](Cc1ccccc1)C(=O)NC[C@H](N)C(=O)NC(CC(=O)O)C(=O)CC(CS)C(=O)O)NC(=O)N[C@@H](CCC(=O)O)OC=O. The van der Waals surface area contributed by atoms with Crippen molar-refractivity contribution in [1.29, 1.82) is 0 Å². The molecule has 77 heavy (non-hydrogen) atoms. The van der Waals surface area contributed by atoms with Gasteiger partial charge >= 0.3 is 29.9 Å². The number of thiol groups is 1. The third kappa shape index (κ3) is 28.3. The number of nitrogens with two attached hydrogens (primary N) is 1. The van der Waals surface area contributed by atoms with E-state index in [0.717, 1.165) is 5.56 Å². The van der Waals surface area contributed by atoms with Gasteiger partial charge in [-0.15, -0.1) is 0 Å². The number of Topliss-reactive ketones (excluding diaryl/α,β-unsaturated/α-hetero) is 2. The Bertz CT molecular complexity index is 2300. The molecule has 2 aromatic carbocycles. The van der Waals surface area contributed by atoms with E-state index < -0.39 is 139 Å². The van der Waals surface area contributed by atoms with Crippen LogP contribution < -0.4 is 37.6 Å². The number of benzene rings is 2. The highest BCUT2D eigenvalue weighted by atomic mass is 32.1. The van der Waals surface area contributed by atoms with E-state index in [-0.39, 0.29) is 63.7 Å². The standard InChI is InChI=1S/C52H73N7O17S/c1-52(2,3)76-50(73)37(58-51(74)59-44(75-31-60)21-22-45(65)66)19-20-42(63)54-23-13-5-4-12-18-43(64)56-38(25-33-16-10-7-11-17-33)40(61)26-34(24-32-14-8-6-9-15-32)47(69)55-29-36(53)48(70)57-39(28-46(67)68)41(62)27-35(30-77)49(71)72/h6-11,14-17,31,34-39,44,77H,4-5,12-13,18-30,53H2,1-3H3,(H,54,63)(H,55,69)(H,56,64)(H,57,70)(H,65,66)(H,67,68)(H,71,72)(H2,58,59,74)/t34-,35?,36+,37+,38+,39?,44-/m1/s1. The van der Waals surface area contributed by atoms with Gasteiger partial charge in [0.25, 0.3) is 6.47 Å². The zero-order valence-corrected chi connectivity index (χ0v) is 44.4. The lowest BCUT2D eigenvalue weighted by atomic mass is 9.89. The summed E-state index contributed by atoms with van der Waals surface area (Å²) < 4.78 is 10.1. The number of carboxylic acids is 3. The van der Waals surface area contributed by atoms with Crippen LogP contribution in [0.3, 0.4) is 0 Å². The highest BCUT2D eigenvalue weighted by Gasteiger charge is 2.33. The largest absolute Gasteiger partial charge is 0.481 e. The lowest BCUT2D eigenvalue weighted by Gasteiger charge is -2.25. The van der Waals surface area contributed by atoms with Gasteiger partial charge in [0.1, 0.15) is 17.7 Å². The van der Waals surface area contributed by atoms with Crippen LogP contribution in [0.4, 0.5) is 4.79 Å². The van der Waals surface area contributed by atoms with E-state index in [1.807, 2.05) is 0 Å². The first kappa shape index (κ1) is 65.7. The number of aliphatic carboxylic acids is 3. The molecule has 2 aromatic rings. The normalized spacial score (nSPS) is 13.8. The molecule has 2 unspecified atom stereocenters. The second-order valence-electron chi connectivity index (χ2n) is 19.2. The molecule has 0 saturated heterocycles. The van der Waals surface area contributed by atoms with E-state index in [0.29, 0.717) is 31.2 Å². The third-order valence-electron chi connectivity index (χ3n) is 11.5. The number of carboxylic acid groups (broad SMARTS) is 3. The summed E-state index contributed by atoms with van der Waals surface area (Å²) in [5.74, 6) is -11.1. The summed E-state index contributed by atoms with van der Waals surface area (Å²) >= 11 is 3.92. The maximum Gasteiger partial charge on any atom is 0.329 e. The Labute approximate surface area is 451 Å². The molecule has 0 aliphatic rings. The topological polar surface area (TPSA) is 382 Å². The molecule has 0 fully saturated rings. The summed E-state index contributed by atoms with van der Waals surface area (Å²) in [4.78, 5) is 150. The fourth-order valence-electron chi connectivity index (χ4n) is 7.48. The van der Waals surface area contributed by atoms with Crippen molar-refractivity contribution >= 4 is 84.2 Å². The number of ketones is 2. The minimum Gasteiger partial charge on any atom is -0.481 e. The lowest BCUT2D eigenvalue weighted by Crippen LogP contribution is -2.53. The Hall–Kier alpha value is -7.41. The molecule has 0 spiro atoms. The van der Waals surface area contributed by atoms with Crippen molar-refractivity contribution in [2.75, 3.05) is 18.8 Å².